The van der Waals surface area contributed by atoms with Crippen LogP contribution in [0.1, 0.15) is 31.8 Å². The van der Waals surface area contributed by atoms with E-state index in [0.29, 0.717) is 0 Å². The molecule has 136 valence electrons. The van der Waals surface area contributed by atoms with Crippen molar-refractivity contribution < 1.29 is 14.7 Å². The zero-order chi connectivity index (χ0) is 19.4. The molecule has 0 saturated carbocycles. The molecule has 3 aromatic rings. The Morgan fingerprint density at radius 1 is 0.741 bits per heavy atom. The normalized spacial score (nSPS) is 10.3. The second-order valence-corrected chi connectivity index (χ2v) is 6.20. The van der Waals surface area contributed by atoms with Gasteiger partial charge in [0, 0.05) is 0 Å². The fraction of sp³-hybridized carbons (Fsp3) is 0.0909. The maximum absolute atomic E-state index is 12.9. The molecule has 0 aliphatic carbocycles. The summed E-state index contributed by atoms with van der Waals surface area (Å²) in [6, 6.07) is 21.5. The van der Waals surface area contributed by atoms with Crippen LogP contribution in [0.5, 0.6) is 0 Å². The third-order valence-corrected chi connectivity index (χ3v) is 4.33. The minimum Gasteiger partial charge on any atom is -0.478 e. The van der Waals surface area contributed by atoms with Crippen LogP contribution >= 0.6 is 0 Å². The van der Waals surface area contributed by atoms with E-state index in [2.05, 4.69) is 5.43 Å². The van der Waals surface area contributed by atoms with Crippen LogP contribution in [0, 0.1) is 13.8 Å². The summed E-state index contributed by atoms with van der Waals surface area (Å²) in [5.41, 5.74) is 6.53. The van der Waals surface area contributed by atoms with Gasteiger partial charge >= 0.3 is 5.97 Å². The first-order valence-electron chi connectivity index (χ1n) is 8.53. The minimum atomic E-state index is -1.14. The molecule has 0 atom stereocenters. The zero-order valence-electron chi connectivity index (χ0n) is 15.1. The summed E-state index contributed by atoms with van der Waals surface area (Å²) in [4.78, 5) is 24.4. The Labute approximate surface area is 157 Å². The van der Waals surface area contributed by atoms with Crippen LogP contribution in [0.15, 0.2) is 72.8 Å². The Kier molecular flexibility index (Phi) is 5.22. The van der Waals surface area contributed by atoms with Crippen LogP contribution in [-0.4, -0.2) is 17.0 Å². The van der Waals surface area contributed by atoms with Gasteiger partial charge in [0.25, 0.3) is 5.91 Å². The van der Waals surface area contributed by atoms with E-state index in [1.54, 1.807) is 17.1 Å². The smallest absolute Gasteiger partial charge is 0.336 e. The number of carbonyl (C=O) groups excluding carboxylic acids is 1. The van der Waals surface area contributed by atoms with Crippen LogP contribution in [0.4, 0.5) is 11.4 Å². The quantitative estimate of drug-likeness (QED) is 0.658. The Morgan fingerprint density at radius 2 is 1.19 bits per heavy atom. The molecule has 0 unspecified atom stereocenters. The maximum atomic E-state index is 12.9. The first-order chi connectivity index (χ1) is 13.0. The van der Waals surface area contributed by atoms with Gasteiger partial charge in [-0.1, -0.05) is 48.5 Å². The fourth-order valence-electron chi connectivity index (χ4n) is 2.91. The van der Waals surface area contributed by atoms with E-state index in [0.717, 1.165) is 22.5 Å². The maximum Gasteiger partial charge on any atom is 0.336 e. The molecule has 0 bridgehead atoms. The van der Waals surface area contributed by atoms with Gasteiger partial charge in [0.05, 0.1) is 22.5 Å². The molecule has 27 heavy (non-hydrogen) atoms. The number of hydrogen-bond donors (Lipinski definition) is 2. The summed E-state index contributed by atoms with van der Waals surface area (Å²) in [6.45, 7) is 3.91. The van der Waals surface area contributed by atoms with Crippen LogP contribution in [0.3, 0.4) is 0 Å². The van der Waals surface area contributed by atoms with Gasteiger partial charge in [0.1, 0.15) is 0 Å². The highest BCUT2D eigenvalue weighted by Gasteiger charge is 2.21. The molecule has 5 nitrogen and oxygen atoms in total. The second-order valence-electron chi connectivity index (χ2n) is 6.20. The van der Waals surface area contributed by atoms with E-state index in [9.17, 15) is 14.7 Å². The lowest BCUT2D eigenvalue weighted by Crippen LogP contribution is -2.40. The summed E-state index contributed by atoms with van der Waals surface area (Å²) in [7, 11) is 0. The Hall–Kier alpha value is -3.60. The molecule has 0 aliphatic rings. The number of nitrogens with zero attached hydrogens (tertiary/aromatic N) is 1. The minimum absolute atomic E-state index is 0.0375. The van der Waals surface area contributed by atoms with Gasteiger partial charge in [0.2, 0.25) is 0 Å². The van der Waals surface area contributed by atoms with Gasteiger partial charge in [-0.2, -0.15) is 0 Å². The average molecular weight is 360 g/mol. The molecule has 3 aromatic carbocycles. The van der Waals surface area contributed by atoms with Gasteiger partial charge in [-0.25, -0.2) is 4.79 Å². The van der Waals surface area contributed by atoms with Crippen molar-refractivity contribution in [3.8, 4) is 0 Å². The summed E-state index contributed by atoms with van der Waals surface area (Å²) >= 11 is 0. The standard InChI is InChI=1S/C22H20N2O3/c1-15-9-3-7-13-19(15)24(20-14-8-4-10-16(20)2)23-21(25)17-11-5-6-12-18(17)22(26)27/h3-14H,1-2H3,(H,23,25)(H,26,27). The lowest BCUT2D eigenvalue weighted by atomic mass is 10.1. The number of amides is 1. The van der Waals surface area contributed by atoms with E-state index in [1.807, 2.05) is 62.4 Å². The number of benzene rings is 3. The van der Waals surface area contributed by atoms with Gasteiger partial charge < -0.3 is 5.11 Å². The second kappa shape index (κ2) is 7.74. The first-order valence-corrected chi connectivity index (χ1v) is 8.53. The third-order valence-electron chi connectivity index (χ3n) is 4.33. The number of anilines is 2. The van der Waals surface area contributed by atoms with Gasteiger partial charge in [-0.05, 0) is 49.2 Å². The van der Waals surface area contributed by atoms with Crippen LogP contribution < -0.4 is 10.4 Å². The van der Waals surface area contributed by atoms with E-state index < -0.39 is 11.9 Å². The molecule has 0 aliphatic heterocycles. The van der Waals surface area contributed by atoms with Crippen molar-refractivity contribution in [1.29, 1.82) is 0 Å². The highest BCUT2D eigenvalue weighted by Crippen LogP contribution is 2.29. The molecular weight excluding hydrogens is 340 g/mol. The van der Waals surface area contributed by atoms with Gasteiger partial charge in [-0.3, -0.25) is 15.2 Å². The SMILES string of the molecule is Cc1ccccc1N(NC(=O)c1ccccc1C(=O)O)c1ccccc1C. The number of hydrogen-bond acceptors (Lipinski definition) is 3. The van der Waals surface area contributed by atoms with Crippen LogP contribution in [-0.2, 0) is 0 Å². The van der Waals surface area contributed by atoms with Crippen molar-refractivity contribution in [3.05, 3.63) is 95.1 Å². The average Bonchev–Trinajstić information content (AvgIpc) is 2.67. The number of rotatable bonds is 5. The Bertz CT molecular complexity index is 953. The number of para-hydroxylation sites is 2. The molecule has 1 amide bonds. The largest absolute Gasteiger partial charge is 0.478 e. The molecule has 0 heterocycles. The number of nitrogens with one attached hydrogen (secondary N) is 1. The number of carbonyl (C=O) groups is 2. The highest BCUT2D eigenvalue weighted by molar-refractivity contribution is 6.05. The highest BCUT2D eigenvalue weighted by atomic mass is 16.4. The van der Waals surface area contributed by atoms with Crippen molar-refractivity contribution in [2.24, 2.45) is 0 Å². The van der Waals surface area contributed by atoms with Crippen molar-refractivity contribution in [1.82, 2.24) is 5.43 Å². The van der Waals surface area contributed by atoms with E-state index in [1.165, 1.54) is 12.1 Å². The topological polar surface area (TPSA) is 69.6 Å². The van der Waals surface area contributed by atoms with Crippen molar-refractivity contribution in [3.63, 3.8) is 0 Å². The van der Waals surface area contributed by atoms with Crippen LogP contribution in [0.25, 0.3) is 0 Å². The molecule has 0 spiro atoms. The number of aryl methyl sites for hydroxylation is 2. The molecular formula is C22H20N2O3. The molecule has 3 rings (SSSR count). The van der Waals surface area contributed by atoms with E-state index in [4.69, 9.17) is 0 Å². The zero-order valence-corrected chi connectivity index (χ0v) is 15.1. The monoisotopic (exact) mass is 360 g/mol. The van der Waals surface area contributed by atoms with Crippen LogP contribution in [0.2, 0.25) is 0 Å². The molecule has 2 N–H and O–H groups in total. The number of carboxylic acids is 1. The van der Waals surface area contributed by atoms with Crippen molar-refractivity contribution in [2.45, 2.75) is 13.8 Å². The van der Waals surface area contributed by atoms with E-state index in [-0.39, 0.29) is 11.1 Å². The molecule has 0 aromatic heterocycles. The summed E-state index contributed by atoms with van der Waals surface area (Å²) in [5.74, 6) is -1.63. The fourth-order valence-corrected chi connectivity index (χ4v) is 2.91. The predicted octanol–water partition coefficient (Wildman–Crippen LogP) is 4.48. The Morgan fingerprint density at radius 3 is 1.67 bits per heavy atom. The number of hydrazine groups is 1. The molecule has 0 radical (unpaired) electrons. The lowest BCUT2D eigenvalue weighted by molar-refractivity contribution is 0.0691. The van der Waals surface area contributed by atoms with Gasteiger partial charge in [0.15, 0.2) is 0 Å². The molecule has 5 heteroatoms. The lowest BCUT2D eigenvalue weighted by Gasteiger charge is -2.28. The molecule has 0 saturated heterocycles. The first kappa shape index (κ1) is 18.2. The predicted molar refractivity (Wildman–Crippen MR) is 105 cm³/mol. The Balaban J connectivity index is 2.05. The van der Waals surface area contributed by atoms with Crippen molar-refractivity contribution in [2.75, 3.05) is 5.01 Å². The summed E-state index contributed by atoms with van der Waals surface area (Å²) in [5, 5.41) is 11.1. The summed E-state index contributed by atoms with van der Waals surface area (Å²) in [6.07, 6.45) is 0. The van der Waals surface area contributed by atoms with Crippen molar-refractivity contribution >= 4 is 23.3 Å². The number of aromatic carboxylic acids is 1. The van der Waals surface area contributed by atoms with E-state index >= 15 is 0 Å². The molecule has 0 fully saturated rings. The van der Waals surface area contributed by atoms with Gasteiger partial charge in [-0.15, -0.1) is 0 Å². The summed E-state index contributed by atoms with van der Waals surface area (Å²) < 4.78 is 0. The third kappa shape index (κ3) is 3.82. The number of carboxylic acid groups (broad SMARTS) is 1.